The Bertz CT molecular complexity index is 1900. The average Bonchev–Trinajstić information content (AvgIpc) is 3.70. The Balaban J connectivity index is 1.26. The number of pyridine rings is 1. The fraction of sp³-hybridized carbons (Fsp3) is 0.438. The van der Waals surface area contributed by atoms with Gasteiger partial charge in [-0.05, 0) is 61.9 Å². The predicted molar refractivity (Wildman–Crippen MR) is 166 cm³/mol. The maximum Gasteiger partial charge on any atom is 0.270 e. The quantitative estimate of drug-likeness (QED) is 0.261. The SMILES string of the molecule is COc1cc(C(=O)N2C[C@H](N)C[C@@H](F)C2)cc2nc(-c3cc4ccc(C(=O)NC5CCC(=O)NC5=O)nc4n3CC3CC3)n(C)c12. The largest absolute Gasteiger partial charge is 0.494 e. The van der Waals surface area contributed by atoms with Crippen LogP contribution >= 0.6 is 0 Å². The molecule has 3 fully saturated rings. The van der Waals surface area contributed by atoms with Crippen molar-refractivity contribution in [2.45, 2.75) is 56.9 Å². The van der Waals surface area contributed by atoms with Crippen LogP contribution in [0.5, 0.6) is 5.75 Å². The van der Waals surface area contributed by atoms with Crippen molar-refractivity contribution < 1.29 is 28.3 Å². The van der Waals surface area contributed by atoms with Gasteiger partial charge in [0.2, 0.25) is 11.8 Å². The number of methoxy groups -OCH3 is 1. The van der Waals surface area contributed by atoms with E-state index in [-0.39, 0.29) is 49.9 Å². The molecule has 2 aliphatic heterocycles. The van der Waals surface area contributed by atoms with Gasteiger partial charge in [-0.25, -0.2) is 14.4 Å². The Morgan fingerprint density at radius 2 is 1.93 bits per heavy atom. The van der Waals surface area contributed by atoms with Crippen molar-refractivity contribution in [2.75, 3.05) is 20.2 Å². The number of nitrogens with one attached hydrogen (secondary N) is 2. The number of halogens is 1. The summed E-state index contributed by atoms with van der Waals surface area (Å²) < 4.78 is 23.9. The number of benzene rings is 1. The number of amides is 4. The van der Waals surface area contributed by atoms with Crippen LogP contribution in [0.2, 0.25) is 0 Å². The summed E-state index contributed by atoms with van der Waals surface area (Å²) in [5.41, 5.74) is 9.11. The minimum absolute atomic E-state index is 0.0117. The minimum Gasteiger partial charge on any atom is -0.494 e. The Labute approximate surface area is 263 Å². The lowest BCUT2D eigenvalue weighted by atomic mass is 10.0. The molecule has 3 atom stereocenters. The molecule has 3 aromatic heterocycles. The van der Waals surface area contributed by atoms with Crippen molar-refractivity contribution >= 4 is 45.7 Å². The van der Waals surface area contributed by atoms with Gasteiger partial charge in [0.05, 0.1) is 24.9 Å². The number of fused-ring (bicyclic) bond motifs is 2. The minimum atomic E-state index is -1.18. The molecule has 13 nitrogen and oxygen atoms in total. The predicted octanol–water partition coefficient (Wildman–Crippen LogP) is 2.05. The first-order valence-corrected chi connectivity index (χ1v) is 15.5. The lowest BCUT2D eigenvalue weighted by Crippen LogP contribution is -2.52. The van der Waals surface area contributed by atoms with Gasteiger partial charge in [-0.3, -0.25) is 24.5 Å². The van der Waals surface area contributed by atoms with Gasteiger partial charge in [0.25, 0.3) is 11.8 Å². The van der Waals surface area contributed by atoms with Gasteiger partial charge >= 0.3 is 0 Å². The van der Waals surface area contributed by atoms with E-state index in [0.717, 1.165) is 23.9 Å². The van der Waals surface area contributed by atoms with E-state index in [0.29, 0.717) is 46.3 Å². The van der Waals surface area contributed by atoms with Crippen LogP contribution in [0.25, 0.3) is 33.6 Å². The molecule has 240 valence electrons. The van der Waals surface area contributed by atoms with Gasteiger partial charge in [-0.15, -0.1) is 0 Å². The lowest BCUT2D eigenvalue weighted by Gasteiger charge is -2.33. The zero-order valence-corrected chi connectivity index (χ0v) is 25.6. The summed E-state index contributed by atoms with van der Waals surface area (Å²) in [6.45, 7) is 0.935. The van der Waals surface area contributed by atoms with E-state index in [4.69, 9.17) is 20.4 Å². The van der Waals surface area contributed by atoms with E-state index in [1.54, 1.807) is 18.2 Å². The van der Waals surface area contributed by atoms with Crippen LogP contribution in [-0.2, 0) is 23.2 Å². The highest BCUT2D eigenvalue weighted by Gasteiger charge is 2.32. The van der Waals surface area contributed by atoms with Gasteiger partial charge in [-0.2, -0.15) is 0 Å². The van der Waals surface area contributed by atoms with Crippen molar-refractivity contribution in [3.8, 4) is 17.3 Å². The molecular weight excluding hydrogens is 595 g/mol. The first-order chi connectivity index (χ1) is 22.1. The molecule has 5 heterocycles. The molecule has 3 aliphatic rings. The number of carbonyl (C=O) groups is 4. The van der Waals surface area contributed by atoms with Gasteiger partial charge < -0.3 is 29.8 Å². The molecule has 0 bridgehead atoms. The second-order valence-corrected chi connectivity index (χ2v) is 12.5. The summed E-state index contributed by atoms with van der Waals surface area (Å²) in [6, 6.07) is 7.51. The van der Waals surface area contributed by atoms with Crippen molar-refractivity contribution in [2.24, 2.45) is 18.7 Å². The normalized spacial score (nSPS) is 21.9. The van der Waals surface area contributed by atoms with Crippen molar-refractivity contribution in [1.29, 1.82) is 0 Å². The molecule has 4 aromatic rings. The number of carbonyl (C=O) groups excluding carboxylic acids is 4. The highest BCUT2D eigenvalue weighted by atomic mass is 19.1. The van der Waals surface area contributed by atoms with Gasteiger partial charge in [0, 0.05) is 43.5 Å². The number of alkyl halides is 1. The summed E-state index contributed by atoms with van der Waals surface area (Å²) in [7, 11) is 3.40. The van der Waals surface area contributed by atoms with E-state index in [1.807, 2.05) is 23.7 Å². The average molecular weight is 631 g/mol. The van der Waals surface area contributed by atoms with E-state index < -0.39 is 30.1 Å². The van der Waals surface area contributed by atoms with Gasteiger partial charge in [0.15, 0.2) is 5.82 Å². The third-order valence-electron chi connectivity index (χ3n) is 9.01. The molecule has 7 rings (SSSR count). The Morgan fingerprint density at radius 3 is 2.65 bits per heavy atom. The second kappa shape index (κ2) is 11.5. The Morgan fingerprint density at radius 1 is 1.13 bits per heavy atom. The highest BCUT2D eigenvalue weighted by molar-refractivity contribution is 6.04. The number of likely N-dealkylation sites (tertiary alicyclic amines) is 1. The van der Waals surface area contributed by atoms with E-state index in [9.17, 15) is 23.6 Å². The van der Waals surface area contributed by atoms with E-state index >= 15 is 0 Å². The molecule has 46 heavy (non-hydrogen) atoms. The van der Waals surface area contributed by atoms with Crippen molar-refractivity contribution in [1.82, 2.24) is 34.6 Å². The Hall–Kier alpha value is -4.85. The molecule has 1 unspecified atom stereocenters. The summed E-state index contributed by atoms with van der Waals surface area (Å²) >= 11 is 0. The molecule has 1 aliphatic carbocycles. The van der Waals surface area contributed by atoms with E-state index in [2.05, 4.69) is 15.2 Å². The van der Waals surface area contributed by atoms with Crippen LogP contribution in [-0.4, -0.2) is 86.1 Å². The van der Waals surface area contributed by atoms with Gasteiger partial charge in [-0.1, -0.05) is 0 Å². The number of imidazole rings is 1. The number of aromatic nitrogens is 4. The third kappa shape index (κ3) is 5.46. The summed E-state index contributed by atoms with van der Waals surface area (Å²) in [5.74, 6) is -0.190. The van der Waals surface area contributed by atoms with Crippen LogP contribution in [0.15, 0.2) is 30.3 Å². The number of hydrogen-bond acceptors (Lipinski definition) is 8. The maximum absolute atomic E-state index is 14.3. The molecule has 1 aromatic carbocycles. The van der Waals surface area contributed by atoms with Crippen molar-refractivity contribution in [3.05, 3.63) is 41.6 Å². The number of piperidine rings is 2. The first kappa shape index (κ1) is 29.8. The number of rotatable bonds is 7. The third-order valence-corrected chi connectivity index (χ3v) is 9.01. The number of aryl methyl sites for hydroxylation is 1. The second-order valence-electron chi connectivity index (χ2n) is 12.5. The van der Waals surface area contributed by atoms with Crippen LogP contribution in [0.4, 0.5) is 4.39 Å². The molecule has 0 spiro atoms. The molecule has 0 radical (unpaired) electrons. The molecular formula is C32H35FN8O5. The Kier molecular flexibility index (Phi) is 7.46. The highest BCUT2D eigenvalue weighted by Crippen LogP contribution is 2.37. The fourth-order valence-corrected chi connectivity index (χ4v) is 6.49. The summed E-state index contributed by atoms with van der Waals surface area (Å²) in [4.78, 5) is 61.4. The first-order valence-electron chi connectivity index (χ1n) is 15.5. The number of nitrogens with zero attached hydrogens (tertiary/aromatic N) is 5. The number of imide groups is 1. The maximum atomic E-state index is 14.3. The van der Waals surface area contributed by atoms with Crippen molar-refractivity contribution in [3.63, 3.8) is 0 Å². The monoisotopic (exact) mass is 630 g/mol. The number of hydrogen-bond donors (Lipinski definition) is 3. The molecule has 4 N–H and O–H groups in total. The fourth-order valence-electron chi connectivity index (χ4n) is 6.49. The summed E-state index contributed by atoms with van der Waals surface area (Å²) in [6.07, 6.45) is 1.59. The lowest BCUT2D eigenvalue weighted by molar-refractivity contribution is -0.134. The van der Waals surface area contributed by atoms with Crippen LogP contribution in [0.3, 0.4) is 0 Å². The molecule has 4 amide bonds. The van der Waals surface area contributed by atoms with Gasteiger partial charge in [0.1, 0.15) is 34.8 Å². The van der Waals surface area contributed by atoms with Crippen LogP contribution in [0, 0.1) is 5.92 Å². The smallest absolute Gasteiger partial charge is 0.270 e. The zero-order valence-electron chi connectivity index (χ0n) is 25.6. The van der Waals surface area contributed by atoms with Crippen LogP contribution in [0.1, 0.15) is 53.0 Å². The van der Waals surface area contributed by atoms with E-state index in [1.165, 1.54) is 12.0 Å². The molecule has 1 saturated carbocycles. The topological polar surface area (TPSA) is 166 Å². The molecule has 14 heteroatoms. The number of ether oxygens (including phenoxy) is 1. The number of nitrogens with two attached hydrogens (primary N) is 1. The zero-order chi connectivity index (χ0) is 32.3. The van der Waals surface area contributed by atoms with Crippen LogP contribution < -0.4 is 21.1 Å². The standard InChI is InChI=1S/C32H35FN8O5/c1-39-27-23(9-18(11-25(27)46-2)32(45)40-14-19(33)12-20(34)15-40)36-29(39)24-10-17-5-6-21(35-28(17)41(24)13-16-3-4-16)30(43)37-22-7-8-26(42)38-31(22)44/h5-6,9-11,16,19-20,22H,3-4,7-8,12-15,34H2,1-2H3,(H,37,43)(H,38,42,44)/t19-,20-,22?/m1/s1. The summed E-state index contributed by atoms with van der Waals surface area (Å²) in [5, 5.41) is 5.76. The molecule has 2 saturated heterocycles.